The van der Waals surface area contributed by atoms with Gasteiger partial charge in [0.25, 0.3) is 0 Å². The number of hydrogen-bond donors (Lipinski definition) is 1. The van der Waals surface area contributed by atoms with Gasteiger partial charge in [0.15, 0.2) is 11.5 Å². The summed E-state index contributed by atoms with van der Waals surface area (Å²) in [6, 6.07) is 6.81. The van der Waals surface area contributed by atoms with Crippen molar-refractivity contribution >= 4 is 0 Å². The second kappa shape index (κ2) is 5.41. The second-order valence-electron chi connectivity index (χ2n) is 5.85. The standard InChI is InChI=1S/C16H23NO2/c1-11-3-4-12(9-11)16(17-2)13-5-6-14-15(10-13)19-8-7-18-14/h5-6,10-12,16-17H,3-4,7-9H2,1-2H3. The average molecular weight is 261 g/mol. The molecular weight excluding hydrogens is 238 g/mol. The molecule has 0 radical (unpaired) electrons. The summed E-state index contributed by atoms with van der Waals surface area (Å²) in [6.45, 7) is 3.67. The summed E-state index contributed by atoms with van der Waals surface area (Å²) in [5.41, 5.74) is 1.32. The van der Waals surface area contributed by atoms with Gasteiger partial charge in [-0.15, -0.1) is 0 Å². The molecule has 0 bridgehead atoms. The highest BCUT2D eigenvalue weighted by atomic mass is 16.6. The SMILES string of the molecule is CNC(c1ccc2c(c1)OCCO2)C1CCC(C)C1. The van der Waals surface area contributed by atoms with Gasteiger partial charge < -0.3 is 14.8 Å². The predicted octanol–water partition coefficient (Wildman–Crippen LogP) is 3.15. The van der Waals surface area contributed by atoms with Gasteiger partial charge in [0.1, 0.15) is 13.2 Å². The summed E-state index contributed by atoms with van der Waals surface area (Å²) in [4.78, 5) is 0. The van der Waals surface area contributed by atoms with Crippen molar-refractivity contribution < 1.29 is 9.47 Å². The van der Waals surface area contributed by atoms with E-state index in [4.69, 9.17) is 9.47 Å². The molecule has 3 unspecified atom stereocenters. The maximum atomic E-state index is 5.69. The Morgan fingerprint density at radius 1 is 1.16 bits per heavy atom. The predicted molar refractivity (Wildman–Crippen MR) is 75.7 cm³/mol. The number of rotatable bonds is 3. The zero-order chi connectivity index (χ0) is 13.2. The van der Waals surface area contributed by atoms with E-state index in [2.05, 4.69) is 31.4 Å². The Morgan fingerprint density at radius 2 is 1.95 bits per heavy atom. The highest BCUT2D eigenvalue weighted by molar-refractivity contribution is 5.44. The monoisotopic (exact) mass is 261 g/mol. The summed E-state index contributed by atoms with van der Waals surface area (Å²) >= 11 is 0. The minimum atomic E-state index is 0.431. The molecular formula is C16H23NO2. The van der Waals surface area contributed by atoms with E-state index in [0.717, 1.165) is 23.3 Å². The molecule has 2 aliphatic rings. The zero-order valence-corrected chi connectivity index (χ0v) is 11.8. The minimum Gasteiger partial charge on any atom is -0.486 e. The lowest BCUT2D eigenvalue weighted by molar-refractivity contribution is 0.171. The van der Waals surface area contributed by atoms with Crippen LogP contribution in [0.15, 0.2) is 18.2 Å². The van der Waals surface area contributed by atoms with E-state index in [1.165, 1.54) is 24.8 Å². The fraction of sp³-hybridized carbons (Fsp3) is 0.625. The van der Waals surface area contributed by atoms with Crippen LogP contribution in [-0.4, -0.2) is 20.3 Å². The fourth-order valence-corrected chi connectivity index (χ4v) is 3.48. The maximum Gasteiger partial charge on any atom is 0.161 e. The highest BCUT2D eigenvalue weighted by Gasteiger charge is 2.29. The molecule has 1 aromatic carbocycles. The van der Waals surface area contributed by atoms with Crippen LogP contribution in [0, 0.1) is 11.8 Å². The van der Waals surface area contributed by atoms with Gasteiger partial charge in [0, 0.05) is 6.04 Å². The van der Waals surface area contributed by atoms with Crippen LogP contribution in [-0.2, 0) is 0 Å². The van der Waals surface area contributed by atoms with Crippen LogP contribution in [0.2, 0.25) is 0 Å². The lowest BCUT2D eigenvalue weighted by Crippen LogP contribution is -2.24. The lowest BCUT2D eigenvalue weighted by atomic mass is 9.91. The zero-order valence-electron chi connectivity index (χ0n) is 11.8. The lowest BCUT2D eigenvalue weighted by Gasteiger charge is -2.26. The topological polar surface area (TPSA) is 30.5 Å². The van der Waals surface area contributed by atoms with Crippen molar-refractivity contribution in [1.29, 1.82) is 0 Å². The van der Waals surface area contributed by atoms with Gasteiger partial charge in [-0.1, -0.05) is 19.4 Å². The third kappa shape index (κ3) is 2.57. The van der Waals surface area contributed by atoms with Gasteiger partial charge in [0.2, 0.25) is 0 Å². The van der Waals surface area contributed by atoms with E-state index in [9.17, 15) is 0 Å². The molecule has 1 aromatic rings. The van der Waals surface area contributed by atoms with E-state index >= 15 is 0 Å². The van der Waals surface area contributed by atoms with Gasteiger partial charge in [0.05, 0.1) is 0 Å². The first-order valence-corrected chi connectivity index (χ1v) is 7.34. The van der Waals surface area contributed by atoms with Crippen LogP contribution >= 0.6 is 0 Å². The molecule has 1 N–H and O–H groups in total. The Balaban J connectivity index is 1.83. The molecule has 3 atom stereocenters. The molecule has 3 rings (SSSR count). The van der Waals surface area contributed by atoms with E-state index in [1.807, 2.05) is 6.07 Å². The smallest absolute Gasteiger partial charge is 0.161 e. The Morgan fingerprint density at radius 3 is 2.63 bits per heavy atom. The van der Waals surface area contributed by atoms with Crippen LogP contribution < -0.4 is 14.8 Å². The average Bonchev–Trinajstić information content (AvgIpc) is 2.86. The van der Waals surface area contributed by atoms with Crippen molar-refractivity contribution in [2.24, 2.45) is 11.8 Å². The first kappa shape index (κ1) is 12.8. The van der Waals surface area contributed by atoms with Gasteiger partial charge in [-0.3, -0.25) is 0 Å². The summed E-state index contributed by atoms with van der Waals surface area (Å²) in [6.07, 6.45) is 3.99. The Bertz CT molecular complexity index is 446. The number of hydrogen-bond acceptors (Lipinski definition) is 3. The molecule has 19 heavy (non-hydrogen) atoms. The molecule has 0 saturated heterocycles. The molecule has 1 aliphatic carbocycles. The van der Waals surface area contributed by atoms with Crippen molar-refractivity contribution in [3.63, 3.8) is 0 Å². The van der Waals surface area contributed by atoms with Gasteiger partial charge in [-0.2, -0.15) is 0 Å². The third-order valence-electron chi connectivity index (χ3n) is 4.44. The third-order valence-corrected chi connectivity index (χ3v) is 4.44. The second-order valence-corrected chi connectivity index (χ2v) is 5.85. The van der Waals surface area contributed by atoms with Crippen LogP contribution in [0.3, 0.4) is 0 Å². The van der Waals surface area contributed by atoms with Crippen molar-refractivity contribution in [2.45, 2.75) is 32.2 Å². The molecule has 0 spiro atoms. The molecule has 1 fully saturated rings. The van der Waals surface area contributed by atoms with Crippen molar-refractivity contribution in [2.75, 3.05) is 20.3 Å². The van der Waals surface area contributed by atoms with E-state index in [1.54, 1.807) is 0 Å². The Hall–Kier alpha value is -1.22. The van der Waals surface area contributed by atoms with Crippen molar-refractivity contribution in [1.82, 2.24) is 5.32 Å². The molecule has 3 heteroatoms. The van der Waals surface area contributed by atoms with Crippen molar-refractivity contribution in [3.8, 4) is 11.5 Å². The summed E-state index contributed by atoms with van der Waals surface area (Å²) in [7, 11) is 2.06. The van der Waals surface area contributed by atoms with E-state index in [0.29, 0.717) is 19.3 Å². The van der Waals surface area contributed by atoms with E-state index < -0.39 is 0 Å². The summed E-state index contributed by atoms with van der Waals surface area (Å²) < 4.78 is 11.3. The first-order chi connectivity index (χ1) is 9.28. The number of ether oxygens (including phenoxy) is 2. The molecule has 0 amide bonds. The molecule has 0 aromatic heterocycles. The maximum absolute atomic E-state index is 5.69. The quantitative estimate of drug-likeness (QED) is 0.906. The number of benzene rings is 1. The van der Waals surface area contributed by atoms with Crippen molar-refractivity contribution in [3.05, 3.63) is 23.8 Å². The highest BCUT2D eigenvalue weighted by Crippen LogP contribution is 2.41. The van der Waals surface area contributed by atoms with Crippen LogP contribution in [0.4, 0.5) is 0 Å². The molecule has 3 nitrogen and oxygen atoms in total. The largest absolute Gasteiger partial charge is 0.486 e. The number of fused-ring (bicyclic) bond motifs is 1. The van der Waals surface area contributed by atoms with Gasteiger partial charge >= 0.3 is 0 Å². The summed E-state index contributed by atoms with van der Waals surface area (Å²) in [5, 5.41) is 3.49. The van der Waals surface area contributed by atoms with Crippen LogP contribution in [0.5, 0.6) is 11.5 Å². The molecule has 1 heterocycles. The Labute approximate surface area is 115 Å². The minimum absolute atomic E-state index is 0.431. The van der Waals surface area contributed by atoms with Crippen LogP contribution in [0.25, 0.3) is 0 Å². The summed E-state index contributed by atoms with van der Waals surface area (Å²) in [5.74, 6) is 3.38. The van der Waals surface area contributed by atoms with Crippen LogP contribution in [0.1, 0.15) is 37.8 Å². The van der Waals surface area contributed by atoms with Gasteiger partial charge in [-0.25, -0.2) is 0 Å². The molecule has 104 valence electrons. The number of nitrogens with one attached hydrogen (secondary N) is 1. The fourth-order valence-electron chi connectivity index (χ4n) is 3.48. The molecule has 1 saturated carbocycles. The Kier molecular flexibility index (Phi) is 3.65. The van der Waals surface area contributed by atoms with Gasteiger partial charge in [-0.05, 0) is 49.4 Å². The van der Waals surface area contributed by atoms with E-state index in [-0.39, 0.29) is 0 Å². The normalized spacial score (nSPS) is 27.3. The first-order valence-electron chi connectivity index (χ1n) is 7.34. The molecule has 1 aliphatic heterocycles.